The number of hydrogen-bond donors (Lipinski definition) is 0. The molecule has 7 nitrogen and oxygen atoms in total. The second-order valence-electron chi connectivity index (χ2n) is 11.2. The van der Waals surface area contributed by atoms with Gasteiger partial charge >= 0.3 is 17.9 Å². The largest absolute Gasteiger partial charge is 0.451 e. The highest BCUT2D eigenvalue weighted by Gasteiger charge is 2.80. The van der Waals surface area contributed by atoms with Gasteiger partial charge in [-0.3, -0.25) is 19.1 Å². The van der Waals surface area contributed by atoms with E-state index in [1.807, 2.05) is 0 Å². The number of carbonyl (C=O) groups excluding carboxylic acids is 3. The zero-order valence-electron chi connectivity index (χ0n) is 18.9. The standard InChI is InChI=1S/C24H32O7/c1-13(25)28-19-18(24(31-14(2)26)12-17(27)29-20(24)30-19)23-10-7-15-21(3,4)8-6-9-22(15,5)16(23)11-23/h7,10,15-16,18-20H,6,8-9,11-12H2,1-5H3/t15-,16+,18-,19+,20-,22-,23-,24-/m0/s1. The molecule has 8 atom stereocenters. The van der Waals surface area contributed by atoms with Crippen LogP contribution in [0.3, 0.4) is 0 Å². The van der Waals surface area contributed by atoms with Crippen LogP contribution < -0.4 is 0 Å². The van der Waals surface area contributed by atoms with Crippen molar-refractivity contribution in [3.8, 4) is 0 Å². The highest BCUT2D eigenvalue weighted by molar-refractivity contribution is 5.76. The number of hydrogen-bond acceptors (Lipinski definition) is 7. The van der Waals surface area contributed by atoms with E-state index in [2.05, 4.69) is 32.9 Å². The van der Waals surface area contributed by atoms with Crippen LogP contribution in [-0.2, 0) is 33.3 Å². The summed E-state index contributed by atoms with van der Waals surface area (Å²) in [7, 11) is 0. The molecule has 0 spiro atoms. The molecule has 0 aromatic heterocycles. The zero-order chi connectivity index (χ0) is 22.4. The molecule has 2 saturated heterocycles. The number of ether oxygens (including phenoxy) is 4. The average molecular weight is 433 g/mol. The van der Waals surface area contributed by atoms with E-state index in [4.69, 9.17) is 18.9 Å². The van der Waals surface area contributed by atoms with E-state index in [-0.39, 0.29) is 22.7 Å². The lowest BCUT2D eigenvalue weighted by molar-refractivity contribution is -0.215. The van der Waals surface area contributed by atoms with E-state index in [0.717, 1.165) is 12.8 Å². The Kier molecular flexibility index (Phi) is 4.29. The topological polar surface area (TPSA) is 88.1 Å². The third-order valence-corrected chi connectivity index (χ3v) is 8.84. The lowest BCUT2D eigenvalue weighted by atomic mass is 9.51. The number of rotatable bonds is 3. The van der Waals surface area contributed by atoms with Crippen molar-refractivity contribution < 1.29 is 33.3 Å². The zero-order valence-corrected chi connectivity index (χ0v) is 18.9. The van der Waals surface area contributed by atoms with Crippen LogP contribution in [0.15, 0.2) is 12.2 Å². The third-order valence-electron chi connectivity index (χ3n) is 8.84. The third kappa shape index (κ3) is 2.77. The quantitative estimate of drug-likeness (QED) is 0.383. The number of esters is 3. The van der Waals surface area contributed by atoms with Gasteiger partial charge in [-0.2, -0.15) is 0 Å². The SMILES string of the molecule is CC(=O)O[C@@H]1O[C@@H]2OC(=O)C[C@]2(OC(C)=O)[C@@H]1[C@]12C=C[C@H]3C(C)(C)CCC[C@]3(C)[C@H]1C2. The lowest BCUT2D eigenvalue weighted by Crippen LogP contribution is -2.52. The molecule has 31 heavy (non-hydrogen) atoms. The molecule has 0 unspecified atom stereocenters. The molecule has 4 fully saturated rings. The van der Waals surface area contributed by atoms with Crippen molar-refractivity contribution in [2.45, 2.75) is 84.9 Å². The molecule has 0 bridgehead atoms. The van der Waals surface area contributed by atoms with E-state index >= 15 is 0 Å². The van der Waals surface area contributed by atoms with Gasteiger partial charge in [0.2, 0.25) is 12.6 Å². The van der Waals surface area contributed by atoms with Crippen LogP contribution in [0.2, 0.25) is 0 Å². The summed E-state index contributed by atoms with van der Waals surface area (Å²) in [6, 6.07) is 0. The fraction of sp³-hybridized carbons (Fsp3) is 0.792. The molecule has 170 valence electrons. The molecule has 0 N–H and O–H groups in total. The number of fused-ring (bicyclic) bond motifs is 4. The van der Waals surface area contributed by atoms with Crippen molar-refractivity contribution >= 4 is 17.9 Å². The van der Waals surface area contributed by atoms with Crippen molar-refractivity contribution in [2.75, 3.05) is 0 Å². The first kappa shape index (κ1) is 21.0. The molecule has 2 saturated carbocycles. The Morgan fingerprint density at radius 1 is 1.13 bits per heavy atom. The summed E-state index contributed by atoms with van der Waals surface area (Å²) in [6.07, 6.45) is 6.89. The van der Waals surface area contributed by atoms with Crippen molar-refractivity contribution in [1.29, 1.82) is 0 Å². The van der Waals surface area contributed by atoms with Gasteiger partial charge in [0.1, 0.15) is 0 Å². The minimum atomic E-state index is -1.28. The minimum Gasteiger partial charge on any atom is -0.451 e. The van der Waals surface area contributed by atoms with Crippen LogP contribution in [-0.4, -0.2) is 36.1 Å². The van der Waals surface area contributed by atoms with Crippen LogP contribution >= 0.6 is 0 Å². The lowest BCUT2D eigenvalue weighted by Gasteiger charge is -2.54. The highest BCUT2D eigenvalue weighted by Crippen LogP contribution is 2.77. The van der Waals surface area contributed by atoms with E-state index in [1.54, 1.807) is 0 Å². The Labute approximate surface area is 182 Å². The normalized spacial score (nSPS) is 48.8. The van der Waals surface area contributed by atoms with Crippen molar-refractivity contribution in [3.63, 3.8) is 0 Å². The first-order valence-corrected chi connectivity index (χ1v) is 11.4. The smallest absolute Gasteiger partial charge is 0.312 e. The van der Waals surface area contributed by atoms with Crippen molar-refractivity contribution in [2.24, 2.45) is 34.0 Å². The predicted octanol–water partition coefficient (Wildman–Crippen LogP) is 3.51. The Morgan fingerprint density at radius 3 is 2.55 bits per heavy atom. The molecular formula is C24H32O7. The van der Waals surface area contributed by atoms with Crippen molar-refractivity contribution in [1.82, 2.24) is 0 Å². The Morgan fingerprint density at radius 2 is 1.87 bits per heavy atom. The first-order chi connectivity index (χ1) is 14.4. The van der Waals surface area contributed by atoms with Crippen LogP contribution in [0.4, 0.5) is 0 Å². The molecule has 3 aliphatic carbocycles. The predicted molar refractivity (Wildman–Crippen MR) is 108 cm³/mol. The molecule has 5 rings (SSSR count). The summed E-state index contributed by atoms with van der Waals surface area (Å²) < 4.78 is 22.8. The Balaban J connectivity index is 1.60. The molecule has 0 amide bonds. The second kappa shape index (κ2) is 6.33. The van der Waals surface area contributed by atoms with Crippen LogP contribution in [0.1, 0.15) is 66.7 Å². The number of carbonyl (C=O) groups is 3. The second-order valence-corrected chi connectivity index (χ2v) is 11.2. The molecular weight excluding hydrogens is 400 g/mol. The van der Waals surface area contributed by atoms with Gasteiger partial charge < -0.3 is 14.2 Å². The first-order valence-electron chi connectivity index (χ1n) is 11.4. The Bertz CT molecular complexity index is 877. The molecule has 7 heteroatoms. The van der Waals surface area contributed by atoms with Gasteiger partial charge in [-0.1, -0.05) is 39.3 Å². The Hall–Kier alpha value is -1.89. The summed E-state index contributed by atoms with van der Waals surface area (Å²) in [5.74, 6) is -1.15. The van der Waals surface area contributed by atoms with Gasteiger partial charge in [0.25, 0.3) is 0 Å². The number of allylic oxidation sites excluding steroid dienone is 2. The minimum absolute atomic E-state index is 0.0897. The molecule has 5 aliphatic rings. The van der Waals surface area contributed by atoms with E-state index in [9.17, 15) is 14.4 Å². The van der Waals surface area contributed by atoms with Crippen LogP contribution in [0, 0.1) is 34.0 Å². The molecule has 0 radical (unpaired) electrons. The molecule has 0 aromatic rings. The molecule has 0 aromatic carbocycles. The van der Waals surface area contributed by atoms with Crippen LogP contribution in [0.25, 0.3) is 0 Å². The van der Waals surface area contributed by atoms with E-state index in [0.29, 0.717) is 11.8 Å². The summed E-state index contributed by atoms with van der Waals surface area (Å²) in [5.41, 5.74) is -1.34. The van der Waals surface area contributed by atoms with E-state index < -0.39 is 42.0 Å². The van der Waals surface area contributed by atoms with Crippen LogP contribution in [0.5, 0.6) is 0 Å². The fourth-order valence-corrected chi connectivity index (χ4v) is 7.83. The molecule has 2 heterocycles. The van der Waals surface area contributed by atoms with Gasteiger partial charge in [-0.05, 0) is 41.9 Å². The summed E-state index contributed by atoms with van der Waals surface area (Å²) in [4.78, 5) is 36.3. The van der Waals surface area contributed by atoms with Gasteiger partial charge in [-0.25, -0.2) is 0 Å². The van der Waals surface area contributed by atoms with Gasteiger partial charge in [0.15, 0.2) is 5.60 Å². The fourth-order valence-electron chi connectivity index (χ4n) is 7.83. The highest BCUT2D eigenvalue weighted by atomic mass is 16.8. The maximum absolute atomic E-state index is 12.3. The summed E-state index contributed by atoms with van der Waals surface area (Å²) in [5, 5.41) is 0. The maximum Gasteiger partial charge on any atom is 0.312 e. The van der Waals surface area contributed by atoms with Gasteiger partial charge in [-0.15, -0.1) is 0 Å². The van der Waals surface area contributed by atoms with Gasteiger partial charge in [0.05, 0.1) is 12.3 Å². The van der Waals surface area contributed by atoms with Crippen molar-refractivity contribution in [3.05, 3.63) is 12.2 Å². The summed E-state index contributed by atoms with van der Waals surface area (Å²) in [6.45, 7) is 9.71. The van der Waals surface area contributed by atoms with E-state index in [1.165, 1.54) is 26.7 Å². The monoisotopic (exact) mass is 432 g/mol. The maximum atomic E-state index is 12.3. The molecule has 2 aliphatic heterocycles. The summed E-state index contributed by atoms with van der Waals surface area (Å²) >= 11 is 0. The van der Waals surface area contributed by atoms with Gasteiger partial charge in [0, 0.05) is 19.3 Å². The average Bonchev–Trinajstić information content (AvgIpc) is 3.20.